The Kier molecular flexibility index (Phi) is 2.93. The highest BCUT2D eigenvalue weighted by molar-refractivity contribution is 5.56. The van der Waals surface area contributed by atoms with Gasteiger partial charge < -0.3 is 19.3 Å². The van der Waals surface area contributed by atoms with Gasteiger partial charge in [0.2, 0.25) is 0 Å². The number of nitrogens with zero attached hydrogens (tertiary/aromatic N) is 5. The highest BCUT2D eigenvalue weighted by atomic mass is 16.5. The van der Waals surface area contributed by atoms with Crippen LogP contribution in [0.4, 0.5) is 5.95 Å². The molecule has 0 amide bonds. The van der Waals surface area contributed by atoms with Crippen molar-refractivity contribution in [3.63, 3.8) is 0 Å². The lowest BCUT2D eigenvalue weighted by Gasteiger charge is -2.31. The van der Waals surface area contributed by atoms with Crippen LogP contribution in [0, 0.1) is 11.3 Å². The van der Waals surface area contributed by atoms with Crippen LogP contribution in [0.3, 0.4) is 0 Å². The maximum atomic E-state index is 8.77. The van der Waals surface area contributed by atoms with Crippen LogP contribution < -0.4 is 4.90 Å². The summed E-state index contributed by atoms with van der Waals surface area (Å²) in [7, 11) is 2.10. The van der Waals surface area contributed by atoms with E-state index in [1.807, 2.05) is 6.07 Å². The standard InChI is InChI=1S/C12H14N6O/c1-17-2-4-18(5-3-17)12-15-11(19-16-12)9-6-10(7-13)14-8-9/h6,8,14H,2-5H2,1H3. The number of piperazine rings is 1. The summed E-state index contributed by atoms with van der Waals surface area (Å²) >= 11 is 0. The molecule has 19 heavy (non-hydrogen) atoms. The molecule has 0 unspecified atom stereocenters. The molecule has 2 aromatic rings. The molecule has 98 valence electrons. The molecule has 7 heteroatoms. The number of aromatic amines is 1. The van der Waals surface area contributed by atoms with E-state index in [-0.39, 0.29) is 0 Å². The number of anilines is 1. The van der Waals surface area contributed by atoms with E-state index in [1.54, 1.807) is 12.3 Å². The molecule has 0 aromatic carbocycles. The Morgan fingerprint density at radius 2 is 2.16 bits per heavy atom. The van der Waals surface area contributed by atoms with Crippen LogP contribution in [-0.2, 0) is 0 Å². The quantitative estimate of drug-likeness (QED) is 0.853. The fourth-order valence-corrected chi connectivity index (χ4v) is 2.05. The summed E-state index contributed by atoms with van der Waals surface area (Å²) in [6, 6.07) is 3.73. The predicted molar refractivity (Wildman–Crippen MR) is 68.5 cm³/mol. The van der Waals surface area contributed by atoms with Crippen molar-refractivity contribution in [2.24, 2.45) is 0 Å². The van der Waals surface area contributed by atoms with Gasteiger partial charge in [0.15, 0.2) is 0 Å². The van der Waals surface area contributed by atoms with Crippen molar-refractivity contribution in [3.05, 3.63) is 18.0 Å². The average Bonchev–Trinajstić information content (AvgIpc) is 3.08. The molecule has 1 aliphatic rings. The van der Waals surface area contributed by atoms with Gasteiger partial charge in [-0.3, -0.25) is 0 Å². The molecular weight excluding hydrogens is 244 g/mol. The van der Waals surface area contributed by atoms with E-state index in [9.17, 15) is 0 Å². The molecule has 3 heterocycles. The smallest absolute Gasteiger partial charge is 0.266 e. The van der Waals surface area contributed by atoms with Crippen LogP contribution in [-0.4, -0.2) is 53.3 Å². The molecule has 0 saturated carbocycles. The molecule has 0 bridgehead atoms. The Morgan fingerprint density at radius 3 is 2.84 bits per heavy atom. The van der Waals surface area contributed by atoms with Crippen LogP contribution >= 0.6 is 0 Å². The van der Waals surface area contributed by atoms with E-state index >= 15 is 0 Å². The first-order valence-corrected chi connectivity index (χ1v) is 6.12. The topological polar surface area (TPSA) is 85.0 Å². The molecule has 1 saturated heterocycles. The Morgan fingerprint density at radius 1 is 1.37 bits per heavy atom. The first-order chi connectivity index (χ1) is 9.26. The van der Waals surface area contributed by atoms with Crippen molar-refractivity contribution in [2.75, 3.05) is 38.1 Å². The summed E-state index contributed by atoms with van der Waals surface area (Å²) in [6.45, 7) is 3.78. The minimum absolute atomic E-state index is 0.437. The van der Waals surface area contributed by atoms with Crippen molar-refractivity contribution >= 4 is 5.95 Å². The molecule has 0 spiro atoms. The molecule has 1 N–H and O–H groups in total. The largest absolute Gasteiger partial charge is 0.352 e. The number of hydrogen-bond acceptors (Lipinski definition) is 6. The maximum absolute atomic E-state index is 8.77. The summed E-state index contributed by atoms with van der Waals surface area (Å²) in [6.07, 6.45) is 1.69. The second-order valence-electron chi connectivity index (χ2n) is 4.60. The fourth-order valence-electron chi connectivity index (χ4n) is 2.05. The Balaban J connectivity index is 1.78. The van der Waals surface area contributed by atoms with Gasteiger partial charge in [-0.25, -0.2) is 0 Å². The second-order valence-corrected chi connectivity index (χ2v) is 4.60. The van der Waals surface area contributed by atoms with Gasteiger partial charge in [0.25, 0.3) is 11.8 Å². The summed E-state index contributed by atoms with van der Waals surface area (Å²) in [5.74, 6) is 1.05. The normalized spacial score (nSPS) is 16.5. The fraction of sp³-hybridized carbons (Fsp3) is 0.417. The highest BCUT2D eigenvalue weighted by Crippen LogP contribution is 2.21. The second kappa shape index (κ2) is 4.74. The molecule has 1 aliphatic heterocycles. The van der Waals surface area contributed by atoms with Crippen LogP contribution in [0.5, 0.6) is 0 Å². The number of H-pyrrole nitrogens is 1. The minimum Gasteiger partial charge on any atom is -0.352 e. The number of aromatic nitrogens is 3. The van der Waals surface area contributed by atoms with Gasteiger partial charge in [-0.15, -0.1) is 0 Å². The summed E-state index contributed by atoms with van der Waals surface area (Å²) < 4.78 is 5.24. The van der Waals surface area contributed by atoms with Gasteiger partial charge in [0, 0.05) is 32.4 Å². The van der Waals surface area contributed by atoms with Crippen molar-refractivity contribution in [1.82, 2.24) is 20.0 Å². The van der Waals surface area contributed by atoms with Crippen LogP contribution in [0.2, 0.25) is 0 Å². The van der Waals surface area contributed by atoms with Crippen molar-refractivity contribution < 1.29 is 4.52 Å². The van der Waals surface area contributed by atoms with Gasteiger partial charge in [-0.05, 0) is 18.3 Å². The third kappa shape index (κ3) is 2.30. The van der Waals surface area contributed by atoms with Crippen LogP contribution in [0.1, 0.15) is 5.69 Å². The lowest BCUT2D eigenvalue weighted by Crippen LogP contribution is -2.44. The molecule has 0 aliphatic carbocycles. The van der Waals surface area contributed by atoms with E-state index in [1.165, 1.54) is 0 Å². The zero-order valence-electron chi connectivity index (χ0n) is 10.6. The van der Waals surface area contributed by atoms with Gasteiger partial charge in [0.1, 0.15) is 11.8 Å². The molecular formula is C12H14N6O. The predicted octanol–water partition coefficient (Wildman–Crippen LogP) is 0.688. The van der Waals surface area contributed by atoms with E-state index in [0.29, 0.717) is 17.5 Å². The Bertz CT molecular complexity index is 602. The minimum atomic E-state index is 0.437. The number of hydrogen-bond donors (Lipinski definition) is 1. The average molecular weight is 258 g/mol. The third-order valence-electron chi connectivity index (χ3n) is 3.25. The lowest BCUT2D eigenvalue weighted by molar-refractivity contribution is 0.309. The molecule has 2 aromatic heterocycles. The first-order valence-electron chi connectivity index (χ1n) is 6.12. The van der Waals surface area contributed by atoms with Crippen LogP contribution in [0.15, 0.2) is 16.8 Å². The van der Waals surface area contributed by atoms with Crippen LogP contribution in [0.25, 0.3) is 11.5 Å². The molecule has 0 radical (unpaired) electrons. The monoisotopic (exact) mass is 258 g/mol. The lowest BCUT2D eigenvalue weighted by atomic mass is 10.3. The van der Waals surface area contributed by atoms with Gasteiger partial charge in [0.05, 0.1) is 5.56 Å². The zero-order valence-corrected chi connectivity index (χ0v) is 10.6. The summed E-state index contributed by atoms with van der Waals surface area (Å²) in [5, 5.41) is 12.8. The number of rotatable bonds is 2. The number of nitrogens with one attached hydrogen (secondary N) is 1. The first kappa shape index (κ1) is 11.7. The molecule has 1 fully saturated rings. The van der Waals surface area contributed by atoms with E-state index in [2.05, 4.69) is 32.0 Å². The molecule has 7 nitrogen and oxygen atoms in total. The zero-order chi connectivity index (χ0) is 13.2. The number of likely N-dealkylation sites (N-methyl/N-ethyl adjacent to an activating group) is 1. The third-order valence-corrected chi connectivity index (χ3v) is 3.25. The van der Waals surface area contributed by atoms with E-state index in [0.717, 1.165) is 31.7 Å². The highest BCUT2D eigenvalue weighted by Gasteiger charge is 2.19. The van der Waals surface area contributed by atoms with Gasteiger partial charge in [-0.2, -0.15) is 10.2 Å². The van der Waals surface area contributed by atoms with Crippen molar-refractivity contribution in [2.45, 2.75) is 0 Å². The van der Waals surface area contributed by atoms with Crippen molar-refractivity contribution in [1.29, 1.82) is 5.26 Å². The Hall–Kier alpha value is -2.33. The van der Waals surface area contributed by atoms with E-state index < -0.39 is 0 Å². The molecule has 3 rings (SSSR count). The van der Waals surface area contributed by atoms with Crippen molar-refractivity contribution in [3.8, 4) is 17.5 Å². The van der Waals surface area contributed by atoms with Gasteiger partial charge in [-0.1, -0.05) is 0 Å². The number of nitriles is 1. The summed E-state index contributed by atoms with van der Waals surface area (Å²) in [4.78, 5) is 11.6. The van der Waals surface area contributed by atoms with Gasteiger partial charge >= 0.3 is 0 Å². The maximum Gasteiger partial charge on any atom is 0.266 e. The van der Waals surface area contributed by atoms with E-state index in [4.69, 9.17) is 9.78 Å². The SMILES string of the molecule is CN1CCN(c2noc(-c3c[nH]c(C#N)c3)n2)CC1. The summed E-state index contributed by atoms with van der Waals surface area (Å²) in [5.41, 5.74) is 1.22. The molecule has 0 atom stereocenters. The Labute approximate surface area is 110 Å².